The van der Waals surface area contributed by atoms with Gasteiger partial charge in [0.05, 0.1) is 0 Å². The van der Waals surface area contributed by atoms with E-state index in [-0.39, 0.29) is 0 Å². The molecule has 0 saturated heterocycles. The molecule has 0 aliphatic heterocycles. The summed E-state index contributed by atoms with van der Waals surface area (Å²) in [4.78, 5) is 13.3. The number of hydrogen-bond donors (Lipinski definition) is 1. The van der Waals surface area contributed by atoms with Crippen molar-refractivity contribution in [2.24, 2.45) is 0 Å². The van der Waals surface area contributed by atoms with Gasteiger partial charge in [0.25, 0.3) is 0 Å². The van der Waals surface area contributed by atoms with Crippen molar-refractivity contribution in [1.82, 2.24) is 4.90 Å². The number of hydrogen-bond acceptors (Lipinski definition) is 2. The molecule has 0 aliphatic rings. The fraction of sp³-hybridized carbons (Fsp3) is 0.357. The molecular weight excluding hydrogens is 214 g/mol. The lowest BCUT2D eigenvalue weighted by Gasteiger charge is -2.35. The number of likely N-dealkylation sites (N-methyl/N-ethyl adjacent to an activating group) is 1. The maximum Gasteiger partial charge on any atom is 0.324 e. The summed E-state index contributed by atoms with van der Waals surface area (Å²) in [6.07, 6.45) is 2.56. The summed E-state index contributed by atoms with van der Waals surface area (Å²) >= 11 is 0. The first kappa shape index (κ1) is 13.5. The highest BCUT2D eigenvalue weighted by Crippen LogP contribution is 2.24. The largest absolute Gasteiger partial charge is 0.480 e. The van der Waals surface area contributed by atoms with Crippen LogP contribution in [-0.4, -0.2) is 35.6 Å². The highest BCUT2D eigenvalue weighted by atomic mass is 16.4. The molecule has 1 N–H and O–H groups in total. The standard InChI is InChI=1S/C14H19NO2/c1-4-10-14(13(16)17,15(2)3)11-12-8-6-5-7-9-12/h4-9H,1,10-11H2,2-3H3,(H,16,17). The Kier molecular flexibility index (Phi) is 4.46. The van der Waals surface area contributed by atoms with E-state index in [0.29, 0.717) is 12.8 Å². The van der Waals surface area contributed by atoms with E-state index in [1.54, 1.807) is 25.1 Å². The second kappa shape index (κ2) is 5.64. The Morgan fingerprint density at radius 2 is 2.00 bits per heavy atom. The van der Waals surface area contributed by atoms with E-state index in [2.05, 4.69) is 6.58 Å². The molecule has 3 heteroatoms. The first-order valence-electron chi connectivity index (χ1n) is 5.58. The van der Waals surface area contributed by atoms with Crippen LogP contribution in [0.4, 0.5) is 0 Å². The molecule has 0 spiro atoms. The highest BCUT2D eigenvalue weighted by molar-refractivity contribution is 5.79. The van der Waals surface area contributed by atoms with Crippen LogP contribution in [0.1, 0.15) is 12.0 Å². The van der Waals surface area contributed by atoms with Gasteiger partial charge >= 0.3 is 5.97 Å². The van der Waals surface area contributed by atoms with Gasteiger partial charge in [-0.25, -0.2) is 0 Å². The van der Waals surface area contributed by atoms with E-state index in [1.165, 1.54) is 0 Å². The summed E-state index contributed by atoms with van der Waals surface area (Å²) in [7, 11) is 3.58. The molecule has 0 saturated carbocycles. The summed E-state index contributed by atoms with van der Waals surface area (Å²) in [5.74, 6) is -0.814. The molecule has 0 aliphatic carbocycles. The number of nitrogens with zero attached hydrogens (tertiary/aromatic N) is 1. The summed E-state index contributed by atoms with van der Waals surface area (Å²) < 4.78 is 0. The number of benzene rings is 1. The third-order valence-corrected chi connectivity index (χ3v) is 3.08. The lowest BCUT2D eigenvalue weighted by atomic mass is 9.86. The van der Waals surface area contributed by atoms with E-state index in [9.17, 15) is 9.90 Å². The predicted octanol–water partition coefficient (Wildman–Crippen LogP) is 2.19. The zero-order valence-corrected chi connectivity index (χ0v) is 10.4. The molecule has 0 heterocycles. The van der Waals surface area contributed by atoms with E-state index >= 15 is 0 Å². The Morgan fingerprint density at radius 3 is 2.41 bits per heavy atom. The third-order valence-electron chi connectivity index (χ3n) is 3.08. The molecule has 0 amide bonds. The van der Waals surface area contributed by atoms with Crippen molar-refractivity contribution in [1.29, 1.82) is 0 Å². The number of aliphatic carboxylic acids is 1. The van der Waals surface area contributed by atoms with Crippen LogP contribution in [-0.2, 0) is 11.2 Å². The smallest absolute Gasteiger partial charge is 0.324 e. The predicted molar refractivity (Wildman–Crippen MR) is 69.0 cm³/mol. The Bertz CT molecular complexity index is 386. The summed E-state index contributed by atoms with van der Waals surface area (Å²) in [5.41, 5.74) is 0.105. The molecule has 1 unspecified atom stereocenters. The normalized spacial score (nSPS) is 14.3. The second-order valence-electron chi connectivity index (χ2n) is 4.39. The van der Waals surface area contributed by atoms with Crippen LogP contribution in [0, 0.1) is 0 Å². The Morgan fingerprint density at radius 1 is 1.41 bits per heavy atom. The topological polar surface area (TPSA) is 40.5 Å². The van der Waals surface area contributed by atoms with Gasteiger partial charge in [-0.15, -0.1) is 6.58 Å². The summed E-state index contributed by atoms with van der Waals surface area (Å²) in [5, 5.41) is 9.50. The minimum absolute atomic E-state index is 0.421. The molecule has 1 rings (SSSR count). The van der Waals surface area contributed by atoms with Crippen LogP contribution in [0.25, 0.3) is 0 Å². The Labute approximate surface area is 102 Å². The van der Waals surface area contributed by atoms with E-state index in [4.69, 9.17) is 0 Å². The molecule has 1 aromatic rings. The minimum atomic E-state index is -0.914. The monoisotopic (exact) mass is 233 g/mol. The molecule has 0 radical (unpaired) electrons. The van der Waals surface area contributed by atoms with Crippen LogP contribution in [0.5, 0.6) is 0 Å². The number of rotatable bonds is 6. The van der Waals surface area contributed by atoms with Crippen molar-refractivity contribution < 1.29 is 9.90 Å². The molecule has 17 heavy (non-hydrogen) atoms. The van der Waals surface area contributed by atoms with Gasteiger partial charge in [0.1, 0.15) is 5.54 Å². The summed E-state index contributed by atoms with van der Waals surface area (Å²) in [6.45, 7) is 3.66. The SMILES string of the molecule is C=CCC(Cc1ccccc1)(C(=O)O)N(C)C. The van der Waals surface area contributed by atoms with Crippen LogP contribution in [0.2, 0.25) is 0 Å². The average Bonchev–Trinajstić information content (AvgIpc) is 2.29. The van der Waals surface area contributed by atoms with Crippen LogP contribution in [0.15, 0.2) is 43.0 Å². The summed E-state index contributed by atoms with van der Waals surface area (Å²) in [6, 6.07) is 9.67. The molecule has 1 aromatic carbocycles. The van der Waals surface area contributed by atoms with Gasteiger partial charge < -0.3 is 5.11 Å². The minimum Gasteiger partial charge on any atom is -0.480 e. The zero-order chi connectivity index (χ0) is 12.9. The van der Waals surface area contributed by atoms with Crippen LogP contribution >= 0.6 is 0 Å². The van der Waals surface area contributed by atoms with Crippen molar-refractivity contribution >= 4 is 5.97 Å². The number of carbonyl (C=O) groups is 1. The number of carboxylic acids is 1. The molecule has 0 bridgehead atoms. The fourth-order valence-electron chi connectivity index (χ4n) is 1.94. The Hall–Kier alpha value is -1.61. The first-order valence-corrected chi connectivity index (χ1v) is 5.58. The average molecular weight is 233 g/mol. The van der Waals surface area contributed by atoms with Crippen molar-refractivity contribution in [3.63, 3.8) is 0 Å². The van der Waals surface area contributed by atoms with Crippen LogP contribution in [0.3, 0.4) is 0 Å². The maximum absolute atomic E-state index is 11.6. The lowest BCUT2D eigenvalue weighted by Crippen LogP contribution is -2.52. The molecule has 3 nitrogen and oxygen atoms in total. The van der Waals surface area contributed by atoms with Crippen LogP contribution < -0.4 is 0 Å². The molecule has 0 fully saturated rings. The van der Waals surface area contributed by atoms with Crippen molar-refractivity contribution in [3.8, 4) is 0 Å². The molecule has 0 aromatic heterocycles. The fourth-order valence-corrected chi connectivity index (χ4v) is 1.94. The first-order chi connectivity index (χ1) is 8.03. The highest BCUT2D eigenvalue weighted by Gasteiger charge is 2.39. The van der Waals surface area contributed by atoms with E-state index in [1.807, 2.05) is 30.3 Å². The number of carboxylic acid groups (broad SMARTS) is 1. The van der Waals surface area contributed by atoms with E-state index < -0.39 is 11.5 Å². The lowest BCUT2D eigenvalue weighted by molar-refractivity contribution is -0.149. The van der Waals surface area contributed by atoms with Gasteiger partial charge in [0.2, 0.25) is 0 Å². The zero-order valence-electron chi connectivity index (χ0n) is 10.4. The third kappa shape index (κ3) is 2.94. The van der Waals surface area contributed by atoms with Gasteiger partial charge in [0.15, 0.2) is 0 Å². The molecule has 92 valence electrons. The molecular formula is C14H19NO2. The van der Waals surface area contributed by atoms with Gasteiger partial charge in [-0.05, 0) is 26.1 Å². The van der Waals surface area contributed by atoms with Gasteiger partial charge in [0, 0.05) is 6.42 Å². The van der Waals surface area contributed by atoms with Crippen molar-refractivity contribution in [2.75, 3.05) is 14.1 Å². The quantitative estimate of drug-likeness (QED) is 0.766. The van der Waals surface area contributed by atoms with E-state index in [0.717, 1.165) is 5.56 Å². The van der Waals surface area contributed by atoms with Gasteiger partial charge in [-0.3, -0.25) is 9.69 Å². The Balaban J connectivity index is 3.05. The van der Waals surface area contributed by atoms with Crippen molar-refractivity contribution in [2.45, 2.75) is 18.4 Å². The maximum atomic E-state index is 11.6. The second-order valence-corrected chi connectivity index (χ2v) is 4.39. The van der Waals surface area contributed by atoms with Gasteiger partial charge in [-0.2, -0.15) is 0 Å². The molecule has 1 atom stereocenters. The van der Waals surface area contributed by atoms with Gasteiger partial charge in [-0.1, -0.05) is 36.4 Å². The van der Waals surface area contributed by atoms with Crippen molar-refractivity contribution in [3.05, 3.63) is 48.6 Å².